The highest BCUT2D eigenvalue weighted by atomic mass is 35.5. The molecule has 2 aromatic heterocycles. The second-order valence-corrected chi connectivity index (χ2v) is 9.65. The highest BCUT2D eigenvalue weighted by Crippen LogP contribution is 2.35. The third kappa shape index (κ3) is 5.18. The summed E-state index contributed by atoms with van der Waals surface area (Å²) in [6.07, 6.45) is 5.48. The van der Waals surface area contributed by atoms with Gasteiger partial charge in [0.25, 0.3) is 5.56 Å². The number of pyridine rings is 2. The molecule has 3 heterocycles. The number of nitriles is 1. The molecule has 0 amide bonds. The van der Waals surface area contributed by atoms with Crippen molar-refractivity contribution >= 4 is 28.3 Å². The number of terminal acetylenes is 1. The van der Waals surface area contributed by atoms with Crippen molar-refractivity contribution in [2.24, 2.45) is 7.05 Å². The number of benzene rings is 2. The maximum absolute atomic E-state index is 13.5. The first kappa shape index (κ1) is 26.2. The molecular weight excluding hydrogens is 517 g/mol. The van der Waals surface area contributed by atoms with Crippen LogP contribution in [0.2, 0.25) is 5.15 Å². The predicted molar refractivity (Wildman–Crippen MR) is 150 cm³/mol. The number of piperazine rings is 1. The Balaban J connectivity index is 1.42. The Labute approximate surface area is 230 Å². The van der Waals surface area contributed by atoms with E-state index >= 15 is 0 Å². The summed E-state index contributed by atoms with van der Waals surface area (Å²) in [6, 6.07) is 17.6. The summed E-state index contributed by atoms with van der Waals surface area (Å²) in [5.41, 5.74) is 4.02. The van der Waals surface area contributed by atoms with E-state index in [2.05, 4.69) is 21.9 Å². The van der Waals surface area contributed by atoms with Gasteiger partial charge in [-0.25, -0.2) is 9.37 Å². The van der Waals surface area contributed by atoms with Gasteiger partial charge >= 0.3 is 0 Å². The molecule has 9 heteroatoms. The van der Waals surface area contributed by atoms with Crippen LogP contribution in [0.15, 0.2) is 59.4 Å². The van der Waals surface area contributed by atoms with E-state index in [4.69, 9.17) is 22.8 Å². The Morgan fingerprint density at radius 3 is 2.54 bits per heavy atom. The lowest BCUT2D eigenvalue weighted by Crippen LogP contribution is -2.47. The number of hydrogen-bond donors (Lipinski definition) is 0. The molecule has 0 N–H and O–H groups in total. The topological polar surface area (TPSA) is 74.4 Å². The molecule has 39 heavy (non-hydrogen) atoms. The van der Waals surface area contributed by atoms with Gasteiger partial charge in [-0.15, -0.1) is 6.42 Å². The van der Waals surface area contributed by atoms with Gasteiger partial charge in [-0.05, 0) is 29.8 Å². The van der Waals surface area contributed by atoms with Gasteiger partial charge in [0.15, 0.2) is 0 Å². The Bertz CT molecular complexity index is 1680. The van der Waals surface area contributed by atoms with Crippen molar-refractivity contribution in [2.75, 3.05) is 37.7 Å². The van der Waals surface area contributed by atoms with Gasteiger partial charge in [0, 0.05) is 50.9 Å². The molecule has 1 aliphatic heterocycles. The Kier molecular flexibility index (Phi) is 7.51. The lowest BCUT2D eigenvalue weighted by atomic mass is 10.0. The molecule has 4 aromatic rings. The standard InChI is InChI=1S/C30H25ClFN5O2/c1-3-17-39-29-21(5-4-6-23(29)20-7-9-22(32)10-8-20)19-36-13-15-37(16-14-36)28-24(18-33)30(38)35(2)25-11-12-26(31)34-27(25)28/h1,4-12H,13-17,19H2,2H3. The molecular formula is C30H25ClFN5O2. The van der Waals surface area contributed by atoms with Crippen LogP contribution in [0.4, 0.5) is 10.1 Å². The highest BCUT2D eigenvalue weighted by molar-refractivity contribution is 6.29. The number of halogens is 2. The van der Waals surface area contributed by atoms with Gasteiger partial charge in [0.2, 0.25) is 0 Å². The summed E-state index contributed by atoms with van der Waals surface area (Å²) >= 11 is 6.20. The highest BCUT2D eigenvalue weighted by Gasteiger charge is 2.26. The van der Waals surface area contributed by atoms with Gasteiger partial charge in [-0.2, -0.15) is 5.26 Å². The van der Waals surface area contributed by atoms with Crippen LogP contribution in [0.25, 0.3) is 22.2 Å². The number of ether oxygens (including phenoxy) is 1. The van der Waals surface area contributed by atoms with Crippen LogP contribution in [-0.4, -0.2) is 47.2 Å². The molecule has 2 aromatic carbocycles. The molecule has 5 rings (SSSR count). The minimum Gasteiger partial charge on any atom is -0.480 e. The zero-order chi connectivity index (χ0) is 27.5. The first-order valence-corrected chi connectivity index (χ1v) is 12.8. The number of nitrogens with zero attached hydrogens (tertiary/aromatic N) is 5. The van der Waals surface area contributed by atoms with E-state index in [9.17, 15) is 14.4 Å². The van der Waals surface area contributed by atoms with E-state index in [0.717, 1.165) is 16.7 Å². The molecule has 0 aliphatic carbocycles. The van der Waals surface area contributed by atoms with Crippen molar-refractivity contribution in [1.29, 1.82) is 5.26 Å². The van der Waals surface area contributed by atoms with E-state index in [1.807, 2.05) is 23.1 Å². The van der Waals surface area contributed by atoms with Crippen LogP contribution in [0.1, 0.15) is 11.1 Å². The van der Waals surface area contributed by atoms with Gasteiger partial charge in [-0.3, -0.25) is 9.69 Å². The van der Waals surface area contributed by atoms with E-state index in [1.54, 1.807) is 31.3 Å². The van der Waals surface area contributed by atoms with Gasteiger partial charge in [0.1, 0.15) is 40.5 Å². The Morgan fingerprint density at radius 1 is 1.10 bits per heavy atom. The number of aromatic nitrogens is 2. The monoisotopic (exact) mass is 541 g/mol. The lowest BCUT2D eigenvalue weighted by Gasteiger charge is -2.37. The quantitative estimate of drug-likeness (QED) is 0.262. The fourth-order valence-corrected chi connectivity index (χ4v) is 5.15. The van der Waals surface area contributed by atoms with Gasteiger partial charge in [0.05, 0.1) is 11.2 Å². The molecule has 7 nitrogen and oxygen atoms in total. The van der Waals surface area contributed by atoms with Gasteiger partial charge < -0.3 is 14.2 Å². The first-order valence-electron chi connectivity index (χ1n) is 12.4. The van der Waals surface area contributed by atoms with Crippen LogP contribution in [0.3, 0.4) is 0 Å². The smallest absolute Gasteiger partial charge is 0.270 e. The molecule has 0 bridgehead atoms. The lowest BCUT2D eigenvalue weighted by molar-refractivity contribution is 0.245. The summed E-state index contributed by atoms with van der Waals surface area (Å²) < 4.78 is 20.9. The second kappa shape index (κ2) is 11.2. The first-order chi connectivity index (χ1) is 18.9. The largest absolute Gasteiger partial charge is 0.480 e. The summed E-state index contributed by atoms with van der Waals surface area (Å²) in [5.74, 6) is 2.89. The molecule has 0 spiro atoms. The zero-order valence-electron chi connectivity index (χ0n) is 21.3. The van der Waals surface area contributed by atoms with Crippen molar-refractivity contribution < 1.29 is 9.13 Å². The molecule has 1 aliphatic rings. The Morgan fingerprint density at radius 2 is 1.85 bits per heavy atom. The van der Waals surface area contributed by atoms with E-state index in [0.29, 0.717) is 60.3 Å². The average molecular weight is 542 g/mol. The van der Waals surface area contributed by atoms with E-state index < -0.39 is 0 Å². The van der Waals surface area contributed by atoms with Crippen molar-refractivity contribution in [3.8, 4) is 35.3 Å². The number of aryl methyl sites for hydroxylation is 1. The molecule has 196 valence electrons. The average Bonchev–Trinajstić information content (AvgIpc) is 2.95. The van der Waals surface area contributed by atoms with Crippen molar-refractivity contribution in [1.82, 2.24) is 14.5 Å². The predicted octanol–water partition coefficient (Wildman–Crippen LogP) is 4.60. The van der Waals surface area contributed by atoms with Crippen LogP contribution in [0, 0.1) is 29.5 Å². The molecule has 0 radical (unpaired) electrons. The Hall–Kier alpha value is -4.37. The van der Waals surface area contributed by atoms with Crippen LogP contribution in [0.5, 0.6) is 5.75 Å². The van der Waals surface area contributed by atoms with Crippen molar-refractivity contribution in [2.45, 2.75) is 6.54 Å². The third-order valence-electron chi connectivity index (χ3n) is 6.93. The minimum atomic E-state index is -0.362. The SMILES string of the molecule is C#CCOc1c(CN2CCN(c3c(C#N)c(=O)n(C)c4ccc(Cl)nc34)CC2)cccc1-c1ccc(F)cc1. The van der Waals surface area contributed by atoms with Crippen molar-refractivity contribution in [3.63, 3.8) is 0 Å². The van der Waals surface area contributed by atoms with Crippen LogP contribution < -0.4 is 15.2 Å². The molecule has 1 fully saturated rings. The van der Waals surface area contributed by atoms with Crippen molar-refractivity contribution in [3.05, 3.63) is 87.0 Å². The zero-order valence-corrected chi connectivity index (χ0v) is 22.1. The minimum absolute atomic E-state index is 0.0604. The summed E-state index contributed by atoms with van der Waals surface area (Å²) in [7, 11) is 1.63. The van der Waals surface area contributed by atoms with Crippen LogP contribution >= 0.6 is 11.6 Å². The van der Waals surface area contributed by atoms with Crippen LogP contribution in [-0.2, 0) is 13.6 Å². The number of para-hydroxylation sites is 1. The second-order valence-electron chi connectivity index (χ2n) is 9.26. The number of fused-ring (bicyclic) bond motifs is 1. The molecule has 0 atom stereocenters. The maximum Gasteiger partial charge on any atom is 0.270 e. The molecule has 0 unspecified atom stereocenters. The third-order valence-corrected chi connectivity index (χ3v) is 7.14. The number of anilines is 1. The van der Waals surface area contributed by atoms with Gasteiger partial charge in [-0.1, -0.05) is 47.9 Å². The maximum atomic E-state index is 13.5. The molecule has 0 saturated carbocycles. The fraction of sp³-hybridized carbons (Fsp3) is 0.233. The summed E-state index contributed by atoms with van der Waals surface area (Å²) in [5, 5.41) is 10.2. The summed E-state index contributed by atoms with van der Waals surface area (Å²) in [6.45, 7) is 3.25. The van der Waals surface area contributed by atoms with E-state index in [1.165, 1.54) is 16.7 Å². The van der Waals surface area contributed by atoms with E-state index in [-0.39, 0.29) is 23.5 Å². The normalized spacial score (nSPS) is 13.7. The number of rotatable bonds is 6. The fourth-order valence-electron chi connectivity index (χ4n) is 5.00. The summed E-state index contributed by atoms with van der Waals surface area (Å²) in [4.78, 5) is 21.7. The molecule has 1 saturated heterocycles. The number of hydrogen-bond acceptors (Lipinski definition) is 6.